The van der Waals surface area contributed by atoms with Crippen molar-refractivity contribution in [2.45, 2.75) is 45.4 Å². The molecule has 6 heteroatoms. The third-order valence-corrected chi connectivity index (χ3v) is 1.92. The maximum Gasteiger partial charge on any atom is 1.00 e. The van der Waals surface area contributed by atoms with E-state index in [2.05, 4.69) is 19.6 Å². The number of carbonyl (C=O) groups excluding carboxylic acids is 2. The SMILES string of the molecule is CCCCCC[SH2+].O=C([O-])CCC(=O)[O-].[Na+]. The quantitative estimate of drug-likeness (QED) is 0.264. The van der Waals surface area contributed by atoms with Crippen LogP contribution < -0.4 is 39.8 Å². The maximum atomic E-state index is 9.50. The molecule has 0 fully saturated rings. The van der Waals surface area contributed by atoms with Gasteiger partial charge < -0.3 is 19.8 Å². The molecule has 90 valence electrons. The topological polar surface area (TPSA) is 80.3 Å². The van der Waals surface area contributed by atoms with Gasteiger partial charge in [-0.05, 0) is 38.3 Å². The van der Waals surface area contributed by atoms with Gasteiger partial charge in [-0.25, -0.2) is 0 Å². The van der Waals surface area contributed by atoms with E-state index in [1.807, 2.05) is 0 Å². The molecule has 0 aromatic heterocycles. The van der Waals surface area contributed by atoms with Gasteiger partial charge in [0.25, 0.3) is 0 Å². The van der Waals surface area contributed by atoms with E-state index in [9.17, 15) is 19.8 Å². The van der Waals surface area contributed by atoms with Crippen LogP contribution in [0.5, 0.6) is 0 Å². The molecule has 16 heavy (non-hydrogen) atoms. The second kappa shape index (κ2) is 17.7. The minimum absolute atomic E-state index is 0. The van der Waals surface area contributed by atoms with E-state index in [1.165, 1.54) is 31.4 Å². The zero-order valence-corrected chi connectivity index (χ0v) is 13.1. The fourth-order valence-electron chi connectivity index (χ4n) is 0.756. The number of hydrogen-bond acceptors (Lipinski definition) is 4. The molecule has 0 atom stereocenters. The molecule has 0 rings (SSSR count). The fraction of sp³-hybridized carbons (Fsp3) is 0.800. The number of carbonyl (C=O) groups is 2. The summed E-state index contributed by atoms with van der Waals surface area (Å²) >= 11 is 3.42. The van der Waals surface area contributed by atoms with Crippen molar-refractivity contribution in [1.82, 2.24) is 0 Å². The molecular formula is C10H19NaO4S. The monoisotopic (exact) mass is 258 g/mol. The summed E-state index contributed by atoms with van der Waals surface area (Å²) in [5, 5.41) is 19.0. The Kier molecular flexibility index (Phi) is 23.8. The van der Waals surface area contributed by atoms with Crippen molar-refractivity contribution in [3.63, 3.8) is 0 Å². The van der Waals surface area contributed by atoms with Crippen molar-refractivity contribution in [2.24, 2.45) is 0 Å². The van der Waals surface area contributed by atoms with Crippen LogP contribution in [0.4, 0.5) is 0 Å². The van der Waals surface area contributed by atoms with Crippen LogP contribution in [0.3, 0.4) is 0 Å². The van der Waals surface area contributed by atoms with Gasteiger partial charge in [0.1, 0.15) is 5.75 Å². The van der Waals surface area contributed by atoms with Crippen molar-refractivity contribution < 1.29 is 49.4 Å². The molecule has 0 amide bonds. The van der Waals surface area contributed by atoms with E-state index >= 15 is 0 Å². The van der Waals surface area contributed by atoms with Gasteiger partial charge in [0.2, 0.25) is 0 Å². The Hall–Kier alpha value is 0.290. The molecule has 0 aliphatic rings. The first kappa shape index (κ1) is 21.6. The Morgan fingerprint density at radius 3 is 1.69 bits per heavy atom. The molecule has 0 radical (unpaired) electrons. The van der Waals surface area contributed by atoms with Gasteiger partial charge in [0.05, 0.1) is 0 Å². The number of unbranched alkanes of at least 4 members (excludes halogenated alkanes) is 3. The minimum atomic E-state index is -1.37. The zero-order valence-electron chi connectivity index (χ0n) is 10.1. The number of aliphatic carboxylic acids is 2. The van der Waals surface area contributed by atoms with E-state index in [1.54, 1.807) is 0 Å². The summed E-state index contributed by atoms with van der Waals surface area (Å²) < 4.78 is 0. The predicted octanol–water partition coefficient (Wildman–Crippen LogP) is -4.15. The normalized spacial score (nSPS) is 8.38. The number of hydrogen-bond donors (Lipinski definition) is 0. The standard InChI is InChI=1S/C6H14S.C4H6O4.Na/c1-2-3-4-5-6-7;5-3(6)1-2-4(7)8;/h7H,2-6H2,1H3;1-2H2,(H,5,6)(H,7,8);/q;;+1/p-1. The van der Waals surface area contributed by atoms with Gasteiger partial charge in [-0.2, -0.15) is 0 Å². The molecule has 0 spiro atoms. The molecular weight excluding hydrogens is 239 g/mol. The van der Waals surface area contributed by atoms with Crippen LogP contribution in [0.25, 0.3) is 0 Å². The van der Waals surface area contributed by atoms with Crippen molar-refractivity contribution in [2.75, 3.05) is 5.75 Å². The van der Waals surface area contributed by atoms with Crippen LogP contribution in [0.2, 0.25) is 0 Å². The Labute approximate surface area is 125 Å². The van der Waals surface area contributed by atoms with Crippen molar-refractivity contribution in [1.29, 1.82) is 0 Å². The second-order valence-corrected chi connectivity index (χ2v) is 3.55. The molecule has 0 saturated heterocycles. The minimum Gasteiger partial charge on any atom is -0.550 e. The Morgan fingerprint density at radius 2 is 1.44 bits per heavy atom. The van der Waals surface area contributed by atoms with Gasteiger partial charge >= 0.3 is 29.6 Å². The van der Waals surface area contributed by atoms with Crippen molar-refractivity contribution >= 4 is 24.6 Å². The summed E-state index contributed by atoms with van der Waals surface area (Å²) in [5.41, 5.74) is 0. The second-order valence-electron chi connectivity index (χ2n) is 3.05. The molecule has 0 aromatic carbocycles. The molecule has 0 N–H and O–H groups in total. The van der Waals surface area contributed by atoms with Crippen molar-refractivity contribution in [3.8, 4) is 0 Å². The van der Waals surface area contributed by atoms with E-state index in [0.717, 1.165) is 0 Å². The first-order chi connectivity index (χ1) is 7.04. The Balaban J connectivity index is -0.000000200. The third kappa shape index (κ3) is 29.2. The zero-order chi connectivity index (χ0) is 12.1. The van der Waals surface area contributed by atoms with E-state index in [-0.39, 0.29) is 29.6 Å². The summed E-state index contributed by atoms with van der Waals surface area (Å²) in [6, 6.07) is 0. The Bertz CT molecular complexity index is 158. The summed E-state index contributed by atoms with van der Waals surface area (Å²) in [5.74, 6) is -1.57. The van der Waals surface area contributed by atoms with Crippen molar-refractivity contribution in [3.05, 3.63) is 0 Å². The van der Waals surface area contributed by atoms with Crippen LogP contribution in [-0.2, 0) is 22.2 Å². The van der Waals surface area contributed by atoms with Gasteiger partial charge in [-0.15, -0.1) is 0 Å². The van der Waals surface area contributed by atoms with Gasteiger partial charge in [-0.1, -0.05) is 19.8 Å². The predicted molar refractivity (Wildman–Crippen MR) is 58.4 cm³/mol. The summed E-state index contributed by atoms with van der Waals surface area (Å²) in [4.78, 5) is 19.0. The van der Waals surface area contributed by atoms with Crippen LogP contribution in [0.15, 0.2) is 0 Å². The molecule has 0 bridgehead atoms. The maximum absolute atomic E-state index is 9.50. The van der Waals surface area contributed by atoms with Gasteiger partial charge in [0, 0.05) is 11.9 Å². The number of rotatable bonds is 7. The number of carboxylic acids is 2. The van der Waals surface area contributed by atoms with Crippen LogP contribution >= 0.6 is 0 Å². The molecule has 0 aliphatic heterocycles. The fourth-order valence-corrected chi connectivity index (χ4v) is 1.01. The first-order valence-corrected chi connectivity index (χ1v) is 5.79. The molecule has 0 saturated carbocycles. The van der Waals surface area contributed by atoms with Crippen LogP contribution in [0.1, 0.15) is 45.4 Å². The molecule has 0 heterocycles. The Morgan fingerprint density at radius 1 is 1.00 bits per heavy atom. The number of carboxylic acid groups (broad SMARTS) is 2. The van der Waals surface area contributed by atoms with Crippen LogP contribution in [0, 0.1) is 0 Å². The van der Waals surface area contributed by atoms with Crippen LogP contribution in [-0.4, -0.2) is 17.7 Å². The third-order valence-electron chi connectivity index (χ3n) is 1.56. The smallest absolute Gasteiger partial charge is 0.550 e. The van der Waals surface area contributed by atoms with Gasteiger partial charge in [-0.3, -0.25) is 0 Å². The first-order valence-electron chi connectivity index (χ1n) is 5.08. The van der Waals surface area contributed by atoms with E-state index in [0.29, 0.717) is 0 Å². The molecule has 0 aromatic rings. The van der Waals surface area contributed by atoms with E-state index < -0.39 is 24.8 Å². The average molecular weight is 258 g/mol. The largest absolute Gasteiger partial charge is 1.00 e. The molecule has 0 aliphatic carbocycles. The average Bonchev–Trinajstić information content (AvgIpc) is 2.17. The molecule has 4 nitrogen and oxygen atoms in total. The summed E-state index contributed by atoms with van der Waals surface area (Å²) in [6.45, 7) is 2.23. The summed E-state index contributed by atoms with van der Waals surface area (Å²) in [6.07, 6.45) is 4.52. The summed E-state index contributed by atoms with van der Waals surface area (Å²) in [7, 11) is 0. The molecule has 0 unspecified atom stereocenters. The van der Waals surface area contributed by atoms with E-state index in [4.69, 9.17) is 0 Å². The van der Waals surface area contributed by atoms with Gasteiger partial charge in [0.15, 0.2) is 0 Å².